The molecule has 2 aliphatic heterocycles. The highest BCUT2D eigenvalue weighted by molar-refractivity contribution is 6.08. The third kappa shape index (κ3) is 3.78. The third-order valence-electron chi connectivity index (χ3n) is 6.78. The first-order valence-electron chi connectivity index (χ1n) is 11.2. The normalized spacial score (nSPS) is 22.8. The van der Waals surface area contributed by atoms with Crippen LogP contribution in [0.5, 0.6) is 0 Å². The van der Waals surface area contributed by atoms with E-state index in [0.29, 0.717) is 6.10 Å². The minimum absolute atomic E-state index is 0.206. The van der Waals surface area contributed by atoms with Crippen LogP contribution in [0.1, 0.15) is 52.9 Å². The van der Waals surface area contributed by atoms with Gasteiger partial charge < -0.3 is 9.64 Å². The van der Waals surface area contributed by atoms with Gasteiger partial charge in [-0.3, -0.25) is 14.7 Å². The largest absolute Gasteiger partial charge is 0.377 e. The molecule has 3 aliphatic rings. The molecule has 1 atom stereocenters. The molecule has 5 nitrogen and oxygen atoms in total. The maximum absolute atomic E-state index is 13.7. The lowest BCUT2D eigenvalue weighted by atomic mass is 9.89. The van der Waals surface area contributed by atoms with Crippen LogP contribution in [0.25, 0.3) is 10.9 Å². The van der Waals surface area contributed by atoms with E-state index in [2.05, 4.69) is 34.9 Å². The molecular weight excluding hydrogens is 362 g/mol. The summed E-state index contributed by atoms with van der Waals surface area (Å²) in [5, 5.41) is 1.04. The van der Waals surface area contributed by atoms with Crippen LogP contribution in [-0.4, -0.2) is 66.1 Å². The van der Waals surface area contributed by atoms with Gasteiger partial charge in [0.15, 0.2) is 0 Å². The molecule has 0 saturated carbocycles. The summed E-state index contributed by atoms with van der Waals surface area (Å²) in [7, 11) is 0. The van der Waals surface area contributed by atoms with E-state index in [-0.39, 0.29) is 5.91 Å². The molecule has 3 heterocycles. The zero-order valence-electron chi connectivity index (χ0n) is 17.5. The summed E-state index contributed by atoms with van der Waals surface area (Å²) >= 11 is 0. The van der Waals surface area contributed by atoms with Crippen molar-refractivity contribution in [3.05, 3.63) is 40.6 Å². The Morgan fingerprint density at radius 3 is 2.76 bits per heavy atom. The molecule has 1 unspecified atom stereocenters. The second-order valence-corrected chi connectivity index (χ2v) is 8.87. The van der Waals surface area contributed by atoms with E-state index in [4.69, 9.17) is 9.72 Å². The van der Waals surface area contributed by atoms with Gasteiger partial charge in [0.25, 0.3) is 5.91 Å². The van der Waals surface area contributed by atoms with Crippen molar-refractivity contribution in [2.45, 2.75) is 51.6 Å². The molecular formula is C24H31N3O2. The van der Waals surface area contributed by atoms with Gasteiger partial charge in [-0.2, -0.15) is 0 Å². The predicted octanol–water partition coefficient (Wildman–Crippen LogP) is 3.36. The topological polar surface area (TPSA) is 45.7 Å². The van der Waals surface area contributed by atoms with Gasteiger partial charge in [-0.1, -0.05) is 11.6 Å². The van der Waals surface area contributed by atoms with Gasteiger partial charge in [-0.25, -0.2) is 0 Å². The Morgan fingerprint density at radius 2 is 1.97 bits per heavy atom. The number of benzene rings is 1. The number of pyridine rings is 1. The highest BCUT2D eigenvalue weighted by atomic mass is 16.5. The molecule has 5 heteroatoms. The Bertz CT molecular complexity index is 912. The molecule has 0 spiro atoms. The van der Waals surface area contributed by atoms with Gasteiger partial charge in [0.05, 0.1) is 17.2 Å². The number of carbonyl (C=O) groups excluding carboxylic acids is 1. The second kappa shape index (κ2) is 8.04. The maximum Gasteiger partial charge on any atom is 0.254 e. The number of piperazine rings is 1. The fraction of sp³-hybridized carbons (Fsp3) is 0.583. The average molecular weight is 394 g/mol. The summed E-state index contributed by atoms with van der Waals surface area (Å²) in [5.74, 6) is 0.206. The fourth-order valence-electron chi connectivity index (χ4n) is 5.15. The molecule has 1 aliphatic carbocycles. The molecule has 154 valence electrons. The van der Waals surface area contributed by atoms with Crippen molar-refractivity contribution in [1.29, 1.82) is 0 Å². The van der Waals surface area contributed by atoms with Gasteiger partial charge in [0, 0.05) is 50.4 Å². The molecule has 1 aromatic heterocycles. The summed E-state index contributed by atoms with van der Waals surface area (Å²) in [4.78, 5) is 23.2. The third-order valence-corrected chi connectivity index (χ3v) is 6.78. The monoisotopic (exact) mass is 393 g/mol. The van der Waals surface area contributed by atoms with E-state index in [9.17, 15) is 4.79 Å². The molecule has 29 heavy (non-hydrogen) atoms. The van der Waals surface area contributed by atoms with Crippen molar-refractivity contribution in [1.82, 2.24) is 14.8 Å². The second-order valence-electron chi connectivity index (χ2n) is 8.87. The SMILES string of the molecule is Cc1ccc2nc3c(c(C(=O)N4CCN(CC5CCCO5)CC4)c2c1)CCCC3. The first kappa shape index (κ1) is 19.0. The molecule has 2 aromatic rings. The Labute approximate surface area is 173 Å². The predicted molar refractivity (Wildman–Crippen MR) is 114 cm³/mol. The van der Waals surface area contributed by atoms with Crippen molar-refractivity contribution >= 4 is 16.8 Å². The van der Waals surface area contributed by atoms with Crippen LogP contribution in [0.2, 0.25) is 0 Å². The number of amides is 1. The number of hydrogen-bond donors (Lipinski definition) is 0. The number of nitrogens with zero attached hydrogens (tertiary/aromatic N) is 3. The molecule has 0 radical (unpaired) electrons. The highest BCUT2D eigenvalue weighted by Gasteiger charge is 2.29. The molecule has 2 fully saturated rings. The number of carbonyl (C=O) groups is 1. The number of fused-ring (bicyclic) bond motifs is 2. The van der Waals surface area contributed by atoms with E-state index in [1.807, 2.05) is 0 Å². The lowest BCUT2D eigenvalue weighted by molar-refractivity contribution is 0.0433. The van der Waals surface area contributed by atoms with E-state index in [1.54, 1.807) is 0 Å². The minimum Gasteiger partial charge on any atom is -0.377 e. The van der Waals surface area contributed by atoms with E-state index < -0.39 is 0 Å². The first-order valence-corrected chi connectivity index (χ1v) is 11.2. The van der Waals surface area contributed by atoms with Crippen molar-refractivity contribution in [3.63, 3.8) is 0 Å². The van der Waals surface area contributed by atoms with Crippen molar-refractivity contribution in [3.8, 4) is 0 Å². The summed E-state index contributed by atoms with van der Waals surface area (Å²) in [6, 6.07) is 6.33. The zero-order chi connectivity index (χ0) is 19.8. The summed E-state index contributed by atoms with van der Waals surface area (Å²) < 4.78 is 5.79. The molecule has 0 N–H and O–H groups in total. The Morgan fingerprint density at radius 1 is 1.14 bits per heavy atom. The quantitative estimate of drug-likeness (QED) is 0.802. The van der Waals surface area contributed by atoms with E-state index in [0.717, 1.165) is 80.8 Å². The number of aromatic nitrogens is 1. The summed E-state index contributed by atoms with van der Waals surface area (Å²) in [6.07, 6.45) is 7.04. The highest BCUT2D eigenvalue weighted by Crippen LogP contribution is 2.31. The molecule has 1 amide bonds. The van der Waals surface area contributed by atoms with Gasteiger partial charge in [0.2, 0.25) is 0 Å². The first-order chi connectivity index (χ1) is 14.2. The van der Waals surface area contributed by atoms with Crippen LogP contribution >= 0.6 is 0 Å². The number of aryl methyl sites for hydroxylation is 2. The maximum atomic E-state index is 13.7. The Balaban J connectivity index is 1.40. The molecule has 0 bridgehead atoms. The van der Waals surface area contributed by atoms with Gasteiger partial charge in [-0.05, 0) is 63.1 Å². The smallest absolute Gasteiger partial charge is 0.254 e. The fourth-order valence-corrected chi connectivity index (χ4v) is 5.15. The number of hydrogen-bond acceptors (Lipinski definition) is 4. The van der Waals surface area contributed by atoms with Gasteiger partial charge >= 0.3 is 0 Å². The van der Waals surface area contributed by atoms with Crippen molar-refractivity contribution in [2.24, 2.45) is 0 Å². The average Bonchev–Trinajstić information content (AvgIpc) is 3.25. The Kier molecular flexibility index (Phi) is 5.27. The van der Waals surface area contributed by atoms with E-state index >= 15 is 0 Å². The molecule has 2 saturated heterocycles. The molecule has 5 rings (SSSR count). The minimum atomic E-state index is 0.206. The van der Waals surface area contributed by atoms with Crippen LogP contribution in [0.4, 0.5) is 0 Å². The van der Waals surface area contributed by atoms with Crippen molar-refractivity contribution < 1.29 is 9.53 Å². The van der Waals surface area contributed by atoms with Crippen LogP contribution < -0.4 is 0 Å². The van der Waals surface area contributed by atoms with Crippen LogP contribution in [0.3, 0.4) is 0 Å². The van der Waals surface area contributed by atoms with Crippen LogP contribution in [-0.2, 0) is 17.6 Å². The lowest BCUT2D eigenvalue weighted by Gasteiger charge is -2.36. The lowest BCUT2D eigenvalue weighted by Crippen LogP contribution is -2.50. The molecule has 1 aromatic carbocycles. The summed E-state index contributed by atoms with van der Waals surface area (Å²) in [6.45, 7) is 7.49. The van der Waals surface area contributed by atoms with Gasteiger partial charge in [0.1, 0.15) is 0 Å². The van der Waals surface area contributed by atoms with Crippen LogP contribution in [0, 0.1) is 6.92 Å². The summed E-state index contributed by atoms with van der Waals surface area (Å²) in [5.41, 5.74) is 5.44. The van der Waals surface area contributed by atoms with Gasteiger partial charge in [-0.15, -0.1) is 0 Å². The zero-order valence-corrected chi connectivity index (χ0v) is 17.5. The number of ether oxygens (including phenoxy) is 1. The standard InChI is InChI=1S/C24H31N3O2/c1-17-8-9-22-20(15-17)23(19-6-2-3-7-21(19)25-22)24(28)27-12-10-26(11-13-27)16-18-5-4-14-29-18/h8-9,15,18H,2-7,10-14,16H2,1H3. The van der Waals surface area contributed by atoms with E-state index in [1.165, 1.54) is 30.4 Å². The number of rotatable bonds is 3. The Hall–Kier alpha value is -1.98. The van der Waals surface area contributed by atoms with Crippen LogP contribution in [0.15, 0.2) is 18.2 Å². The van der Waals surface area contributed by atoms with Crippen molar-refractivity contribution in [2.75, 3.05) is 39.3 Å².